The molecule has 1 unspecified atom stereocenters. The van der Waals surface area contributed by atoms with E-state index in [2.05, 4.69) is 62.2 Å². The highest BCUT2D eigenvalue weighted by atomic mass is 15.1. The molecule has 0 saturated heterocycles. The second-order valence-electron chi connectivity index (χ2n) is 5.99. The van der Waals surface area contributed by atoms with Crippen LogP contribution in [0.5, 0.6) is 0 Å². The molecule has 0 aromatic heterocycles. The molecular weight excluding hydrogens is 256 g/mol. The Kier molecular flexibility index (Phi) is 9.36. The van der Waals surface area contributed by atoms with Crippen LogP contribution < -0.4 is 5.32 Å². The molecule has 0 spiro atoms. The van der Waals surface area contributed by atoms with E-state index >= 15 is 0 Å². The zero-order valence-electron chi connectivity index (χ0n) is 14.5. The standard InChI is InChI=1S/C19H34N2/c1-5-13-20-19(18-11-9-8-10-17(18)4)12-16-21(14-6-2)15-7-3/h8-11,19-20H,5-7,12-16H2,1-4H3. The summed E-state index contributed by atoms with van der Waals surface area (Å²) in [5.74, 6) is 0. The van der Waals surface area contributed by atoms with Crippen LogP contribution in [0.4, 0.5) is 0 Å². The van der Waals surface area contributed by atoms with Crippen molar-refractivity contribution in [1.82, 2.24) is 10.2 Å². The summed E-state index contributed by atoms with van der Waals surface area (Å²) in [6, 6.07) is 9.30. The molecule has 0 aliphatic rings. The zero-order valence-corrected chi connectivity index (χ0v) is 14.5. The van der Waals surface area contributed by atoms with E-state index in [9.17, 15) is 0 Å². The van der Waals surface area contributed by atoms with Gasteiger partial charge < -0.3 is 10.2 Å². The Balaban J connectivity index is 2.67. The van der Waals surface area contributed by atoms with Crippen molar-refractivity contribution in [3.8, 4) is 0 Å². The first kappa shape index (κ1) is 18.2. The molecule has 0 radical (unpaired) electrons. The van der Waals surface area contributed by atoms with Crippen LogP contribution in [0.2, 0.25) is 0 Å². The largest absolute Gasteiger partial charge is 0.310 e. The lowest BCUT2D eigenvalue weighted by molar-refractivity contribution is 0.257. The van der Waals surface area contributed by atoms with Gasteiger partial charge in [-0.3, -0.25) is 0 Å². The third kappa shape index (κ3) is 6.62. The third-order valence-electron chi connectivity index (χ3n) is 4.02. The first-order chi connectivity index (χ1) is 10.2. The van der Waals surface area contributed by atoms with Crippen molar-refractivity contribution in [2.45, 2.75) is 59.4 Å². The van der Waals surface area contributed by atoms with Gasteiger partial charge in [-0.05, 0) is 69.9 Å². The predicted octanol–water partition coefficient (Wildman–Crippen LogP) is 4.55. The Labute approximate surface area is 131 Å². The lowest BCUT2D eigenvalue weighted by atomic mass is 9.98. The van der Waals surface area contributed by atoms with Gasteiger partial charge in [0, 0.05) is 6.04 Å². The van der Waals surface area contributed by atoms with Gasteiger partial charge >= 0.3 is 0 Å². The van der Waals surface area contributed by atoms with Crippen LogP contribution in [0.1, 0.15) is 63.6 Å². The normalized spacial score (nSPS) is 12.8. The molecule has 0 aliphatic carbocycles. The molecule has 0 heterocycles. The fraction of sp³-hybridized carbons (Fsp3) is 0.684. The van der Waals surface area contributed by atoms with Crippen molar-refractivity contribution in [2.24, 2.45) is 0 Å². The highest BCUT2D eigenvalue weighted by molar-refractivity contribution is 5.28. The quantitative estimate of drug-likeness (QED) is 0.643. The third-order valence-corrected chi connectivity index (χ3v) is 4.02. The first-order valence-corrected chi connectivity index (χ1v) is 8.74. The Bertz CT molecular complexity index is 370. The first-order valence-electron chi connectivity index (χ1n) is 8.74. The maximum Gasteiger partial charge on any atom is 0.0335 e. The number of nitrogens with one attached hydrogen (secondary N) is 1. The van der Waals surface area contributed by atoms with E-state index in [0.717, 1.165) is 6.54 Å². The Morgan fingerprint density at radius 1 is 0.952 bits per heavy atom. The molecule has 21 heavy (non-hydrogen) atoms. The van der Waals surface area contributed by atoms with E-state index in [4.69, 9.17) is 0 Å². The monoisotopic (exact) mass is 290 g/mol. The van der Waals surface area contributed by atoms with Gasteiger partial charge in [0.25, 0.3) is 0 Å². The van der Waals surface area contributed by atoms with Crippen LogP contribution in [0.15, 0.2) is 24.3 Å². The molecule has 0 aliphatic heterocycles. The van der Waals surface area contributed by atoms with Crippen molar-refractivity contribution < 1.29 is 0 Å². The lowest BCUT2D eigenvalue weighted by Gasteiger charge is -2.26. The summed E-state index contributed by atoms with van der Waals surface area (Å²) in [6.07, 6.45) is 4.88. The van der Waals surface area contributed by atoms with Crippen LogP contribution >= 0.6 is 0 Å². The maximum absolute atomic E-state index is 3.74. The van der Waals surface area contributed by atoms with Gasteiger partial charge in [-0.15, -0.1) is 0 Å². The minimum Gasteiger partial charge on any atom is -0.310 e. The van der Waals surface area contributed by atoms with E-state index in [1.807, 2.05) is 0 Å². The summed E-state index contributed by atoms with van der Waals surface area (Å²) in [7, 11) is 0. The summed E-state index contributed by atoms with van der Waals surface area (Å²) in [6.45, 7) is 13.8. The minimum atomic E-state index is 0.488. The Hall–Kier alpha value is -0.860. The highest BCUT2D eigenvalue weighted by Crippen LogP contribution is 2.21. The summed E-state index contributed by atoms with van der Waals surface area (Å²) in [5, 5.41) is 3.74. The summed E-state index contributed by atoms with van der Waals surface area (Å²) in [4.78, 5) is 2.61. The zero-order chi connectivity index (χ0) is 15.5. The number of hydrogen-bond acceptors (Lipinski definition) is 2. The molecule has 0 saturated carbocycles. The van der Waals surface area contributed by atoms with Gasteiger partial charge in [-0.1, -0.05) is 45.0 Å². The highest BCUT2D eigenvalue weighted by Gasteiger charge is 2.14. The number of aryl methyl sites for hydroxylation is 1. The molecule has 1 aromatic carbocycles. The molecule has 1 rings (SSSR count). The van der Waals surface area contributed by atoms with E-state index in [0.29, 0.717) is 6.04 Å². The molecule has 120 valence electrons. The molecule has 0 amide bonds. The van der Waals surface area contributed by atoms with Crippen molar-refractivity contribution in [2.75, 3.05) is 26.2 Å². The topological polar surface area (TPSA) is 15.3 Å². The van der Waals surface area contributed by atoms with Gasteiger partial charge in [0.1, 0.15) is 0 Å². The van der Waals surface area contributed by atoms with E-state index in [1.165, 1.54) is 56.4 Å². The molecule has 2 nitrogen and oxygen atoms in total. The Morgan fingerprint density at radius 2 is 1.62 bits per heavy atom. The number of hydrogen-bond donors (Lipinski definition) is 1. The fourth-order valence-electron chi connectivity index (χ4n) is 2.94. The molecular formula is C19H34N2. The average Bonchev–Trinajstić information content (AvgIpc) is 2.49. The summed E-state index contributed by atoms with van der Waals surface area (Å²) < 4.78 is 0. The van der Waals surface area contributed by atoms with Gasteiger partial charge in [-0.2, -0.15) is 0 Å². The second kappa shape index (κ2) is 10.8. The minimum absolute atomic E-state index is 0.488. The Morgan fingerprint density at radius 3 is 2.19 bits per heavy atom. The summed E-state index contributed by atoms with van der Waals surface area (Å²) >= 11 is 0. The summed E-state index contributed by atoms with van der Waals surface area (Å²) in [5.41, 5.74) is 2.88. The number of nitrogens with zero attached hydrogens (tertiary/aromatic N) is 1. The van der Waals surface area contributed by atoms with E-state index < -0.39 is 0 Å². The van der Waals surface area contributed by atoms with Gasteiger partial charge in [-0.25, -0.2) is 0 Å². The van der Waals surface area contributed by atoms with Gasteiger partial charge in [0.2, 0.25) is 0 Å². The number of benzene rings is 1. The molecule has 0 bridgehead atoms. The number of rotatable bonds is 11. The van der Waals surface area contributed by atoms with Crippen molar-refractivity contribution in [3.63, 3.8) is 0 Å². The maximum atomic E-state index is 3.74. The second-order valence-corrected chi connectivity index (χ2v) is 5.99. The van der Waals surface area contributed by atoms with Crippen LogP contribution in [0.3, 0.4) is 0 Å². The van der Waals surface area contributed by atoms with E-state index in [1.54, 1.807) is 0 Å². The SMILES string of the molecule is CCCNC(CCN(CCC)CCC)c1ccccc1C. The fourth-order valence-corrected chi connectivity index (χ4v) is 2.94. The van der Waals surface area contributed by atoms with Crippen LogP contribution in [-0.2, 0) is 0 Å². The van der Waals surface area contributed by atoms with Crippen molar-refractivity contribution in [3.05, 3.63) is 35.4 Å². The predicted molar refractivity (Wildman–Crippen MR) is 93.9 cm³/mol. The molecule has 2 heteroatoms. The van der Waals surface area contributed by atoms with Crippen molar-refractivity contribution >= 4 is 0 Å². The smallest absolute Gasteiger partial charge is 0.0335 e. The van der Waals surface area contributed by atoms with Crippen LogP contribution in [-0.4, -0.2) is 31.1 Å². The van der Waals surface area contributed by atoms with Crippen LogP contribution in [0, 0.1) is 6.92 Å². The van der Waals surface area contributed by atoms with Crippen LogP contribution in [0.25, 0.3) is 0 Å². The molecule has 0 fully saturated rings. The van der Waals surface area contributed by atoms with E-state index in [-0.39, 0.29) is 0 Å². The molecule has 1 aromatic rings. The van der Waals surface area contributed by atoms with Gasteiger partial charge in [0.15, 0.2) is 0 Å². The van der Waals surface area contributed by atoms with Crippen molar-refractivity contribution in [1.29, 1.82) is 0 Å². The lowest BCUT2D eigenvalue weighted by Crippen LogP contribution is -2.31. The molecule has 1 atom stereocenters. The van der Waals surface area contributed by atoms with Gasteiger partial charge in [0.05, 0.1) is 0 Å². The average molecular weight is 290 g/mol. The molecule has 1 N–H and O–H groups in total.